The minimum absolute atomic E-state index is 0.265. The van der Waals surface area contributed by atoms with E-state index in [9.17, 15) is 4.79 Å². The number of urea groups is 1. The summed E-state index contributed by atoms with van der Waals surface area (Å²) in [6.45, 7) is 4.87. The van der Waals surface area contributed by atoms with E-state index in [0.29, 0.717) is 24.0 Å². The van der Waals surface area contributed by atoms with Gasteiger partial charge >= 0.3 is 6.03 Å². The van der Waals surface area contributed by atoms with Crippen molar-refractivity contribution in [3.8, 4) is 11.3 Å². The summed E-state index contributed by atoms with van der Waals surface area (Å²) >= 11 is 0. The third-order valence-corrected chi connectivity index (χ3v) is 2.82. The number of nitrogens with zero attached hydrogens (tertiary/aromatic N) is 1. The van der Waals surface area contributed by atoms with Gasteiger partial charge in [-0.2, -0.15) is 0 Å². The molecule has 0 aliphatic heterocycles. The molecule has 2 rings (SSSR count). The molecule has 2 aromatic rings. The van der Waals surface area contributed by atoms with E-state index in [1.807, 2.05) is 30.3 Å². The average Bonchev–Trinajstić information content (AvgIpc) is 2.88. The Bertz CT molecular complexity index is 549. The standard InChI is InChI=1S/C15H19N3O2/c1-11(2)8-9-16-15(19)17-14-10-13(20-18-14)12-6-4-3-5-7-12/h3-7,10-11H,8-9H2,1-2H3,(H2,16,17,18,19). The number of nitrogens with one attached hydrogen (secondary N) is 2. The highest BCUT2D eigenvalue weighted by molar-refractivity contribution is 5.88. The molecule has 5 nitrogen and oxygen atoms in total. The average molecular weight is 273 g/mol. The van der Waals surface area contributed by atoms with Crippen LogP contribution in [0.1, 0.15) is 20.3 Å². The Morgan fingerprint density at radius 3 is 2.75 bits per heavy atom. The zero-order valence-electron chi connectivity index (χ0n) is 11.7. The Labute approximate surface area is 118 Å². The second-order valence-electron chi connectivity index (χ2n) is 5.01. The highest BCUT2D eigenvalue weighted by Gasteiger charge is 2.08. The predicted octanol–water partition coefficient (Wildman–Crippen LogP) is 3.51. The number of carbonyl (C=O) groups is 1. The van der Waals surface area contributed by atoms with Crippen LogP contribution in [-0.4, -0.2) is 17.7 Å². The van der Waals surface area contributed by atoms with Crippen LogP contribution in [0.15, 0.2) is 40.9 Å². The van der Waals surface area contributed by atoms with Gasteiger partial charge in [0.2, 0.25) is 0 Å². The van der Waals surface area contributed by atoms with Crippen molar-refractivity contribution >= 4 is 11.8 Å². The molecule has 106 valence electrons. The molecular formula is C15H19N3O2. The first-order valence-electron chi connectivity index (χ1n) is 6.72. The van der Waals surface area contributed by atoms with Crippen molar-refractivity contribution in [3.05, 3.63) is 36.4 Å². The monoisotopic (exact) mass is 273 g/mol. The molecule has 20 heavy (non-hydrogen) atoms. The molecule has 0 atom stereocenters. The summed E-state index contributed by atoms with van der Waals surface area (Å²) in [5.41, 5.74) is 0.924. The van der Waals surface area contributed by atoms with Crippen LogP contribution in [-0.2, 0) is 0 Å². The summed E-state index contributed by atoms with van der Waals surface area (Å²) in [5.74, 6) is 1.60. The molecule has 5 heteroatoms. The van der Waals surface area contributed by atoms with Gasteiger partial charge in [-0.15, -0.1) is 0 Å². The van der Waals surface area contributed by atoms with E-state index in [-0.39, 0.29) is 6.03 Å². The second-order valence-corrected chi connectivity index (χ2v) is 5.01. The van der Waals surface area contributed by atoms with Crippen LogP contribution in [0, 0.1) is 5.92 Å². The normalized spacial score (nSPS) is 10.6. The fourth-order valence-electron chi connectivity index (χ4n) is 1.71. The van der Waals surface area contributed by atoms with Gasteiger partial charge in [-0.05, 0) is 12.3 Å². The van der Waals surface area contributed by atoms with Crippen molar-refractivity contribution in [2.24, 2.45) is 5.92 Å². The number of aromatic nitrogens is 1. The molecule has 0 fully saturated rings. The Hall–Kier alpha value is -2.30. The smallest absolute Gasteiger partial charge is 0.320 e. The zero-order chi connectivity index (χ0) is 14.4. The Kier molecular flexibility index (Phi) is 4.76. The van der Waals surface area contributed by atoms with Crippen LogP contribution in [0.4, 0.5) is 10.6 Å². The highest BCUT2D eigenvalue weighted by Crippen LogP contribution is 2.21. The van der Waals surface area contributed by atoms with Gasteiger partial charge in [0.1, 0.15) is 0 Å². The van der Waals surface area contributed by atoms with E-state index in [1.54, 1.807) is 6.07 Å². The van der Waals surface area contributed by atoms with Crippen LogP contribution in [0.25, 0.3) is 11.3 Å². The lowest BCUT2D eigenvalue weighted by Crippen LogP contribution is -2.30. The summed E-state index contributed by atoms with van der Waals surface area (Å²) in [6, 6.07) is 11.1. The number of rotatable bonds is 5. The molecule has 0 aliphatic rings. The van der Waals surface area contributed by atoms with Gasteiger partial charge in [0.15, 0.2) is 11.6 Å². The minimum atomic E-state index is -0.265. The fraction of sp³-hybridized carbons (Fsp3) is 0.333. The maximum atomic E-state index is 11.6. The van der Waals surface area contributed by atoms with Crippen LogP contribution in [0.5, 0.6) is 0 Å². The predicted molar refractivity (Wildman–Crippen MR) is 78.4 cm³/mol. The first-order valence-corrected chi connectivity index (χ1v) is 6.72. The molecule has 0 unspecified atom stereocenters. The van der Waals surface area contributed by atoms with Gasteiger partial charge in [0, 0.05) is 18.2 Å². The number of amides is 2. The summed E-state index contributed by atoms with van der Waals surface area (Å²) in [4.78, 5) is 11.6. The summed E-state index contributed by atoms with van der Waals surface area (Å²) in [6.07, 6.45) is 0.946. The molecule has 1 aromatic heterocycles. The van der Waals surface area contributed by atoms with E-state index in [4.69, 9.17) is 4.52 Å². The lowest BCUT2D eigenvalue weighted by atomic mass is 10.1. The van der Waals surface area contributed by atoms with Crippen LogP contribution in [0.2, 0.25) is 0 Å². The number of benzene rings is 1. The summed E-state index contributed by atoms with van der Waals surface area (Å²) < 4.78 is 5.20. The highest BCUT2D eigenvalue weighted by atomic mass is 16.5. The number of anilines is 1. The third kappa shape index (κ3) is 4.12. The van der Waals surface area contributed by atoms with Crippen LogP contribution >= 0.6 is 0 Å². The number of carbonyl (C=O) groups excluding carboxylic acids is 1. The van der Waals surface area contributed by atoms with Crippen molar-refractivity contribution in [2.75, 3.05) is 11.9 Å². The lowest BCUT2D eigenvalue weighted by Gasteiger charge is -2.06. The van der Waals surface area contributed by atoms with E-state index < -0.39 is 0 Å². The molecule has 1 aromatic carbocycles. The molecule has 0 aliphatic carbocycles. The first-order chi connectivity index (χ1) is 9.65. The summed E-state index contributed by atoms with van der Waals surface area (Å²) in [7, 11) is 0. The van der Waals surface area contributed by atoms with Gasteiger partial charge in [0.05, 0.1) is 0 Å². The van der Waals surface area contributed by atoms with Crippen molar-refractivity contribution in [1.29, 1.82) is 0 Å². The van der Waals surface area contributed by atoms with Gasteiger partial charge < -0.3 is 9.84 Å². The molecule has 1 heterocycles. The zero-order valence-corrected chi connectivity index (χ0v) is 11.7. The Morgan fingerprint density at radius 1 is 1.30 bits per heavy atom. The van der Waals surface area contributed by atoms with Gasteiger partial charge in [-0.1, -0.05) is 49.3 Å². The first kappa shape index (κ1) is 14.1. The molecule has 0 spiro atoms. The van der Waals surface area contributed by atoms with Gasteiger partial charge in [0.25, 0.3) is 0 Å². The molecule has 0 radical (unpaired) electrons. The van der Waals surface area contributed by atoms with Crippen molar-refractivity contribution in [2.45, 2.75) is 20.3 Å². The maximum Gasteiger partial charge on any atom is 0.320 e. The maximum absolute atomic E-state index is 11.6. The second kappa shape index (κ2) is 6.75. The lowest BCUT2D eigenvalue weighted by molar-refractivity contribution is 0.251. The molecule has 0 bridgehead atoms. The quantitative estimate of drug-likeness (QED) is 0.876. The van der Waals surface area contributed by atoms with Crippen LogP contribution in [0.3, 0.4) is 0 Å². The molecule has 0 saturated carbocycles. The van der Waals surface area contributed by atoms with Crippen molar-refractivity contribution < 1.29 is 9.32 Å². The number of hydrogen-bond acceptors (Lipinski definition) is 3. The molecular weight excluding hydrogens is 254 g/mol. The van der Waals surface area contributed by atoms with Crippen molar-refractivity contribution in [1.82, 2.24) is 10.5 Å². The topological polar surface area (TPSA) is 67.2 Å². The minimum Gasteiger partial charge on any atom is -0.354 e. The van der Waals surface area contributed by atoms with E-state index in [0.717, 1.165) is 12.0 Å². The third-order valence-electron chi connectivity index (χ3n) is 2.82. The van der Waals surface area contributed by atoms with Gasteiger partial charge in [-0.3, -0.25) is 5.32 Å². The fourth-order valence-corrected chi connectivity index (χ4v) is 1.71. The van der Waals surface area contributed by atoms with E-state index in [2.05, 4.69) is 29.6 Å². The summed E-state index contributed by atoms with van der Waals surface area (Å²) in [5, 5.41) is 9.26. The van der Waals surface area contributed by atoms with E-state index in [1.165, 1.54) is 0 Å². The Morgan fingerprint density at radius 2 is 2.05 bits per heavy atom. The SMILES string of the molecule is CC(C)CCNC(=O)Nc1cc(-c2ccccc2)on1. The van der Waals surface area contributed by atoms with Crippen molar-refractivity contribution in [3.63, 3.8) is 0 Å². The molecule has 0 saturated heterocycles. The number of hydrogen-bond donors (Lipinski definition) is 2. The molecule has 2 amide bonds. The Balaban J connectivity index is 1.88. The molecule has 2 N–H and O–H groups in total. The van der Waals surface area contributed by atoms with Gasteiger partial charge in [-0.25, -0.2) is 4.79 Å². The van der Waals surface area contributed by atoms with E-state index >= 15 is 0 Å². The van der Waals surface area contributed by atoms with Crippen LogP contribution < -0.4 is 10.6 Å². The largest absolute Gasteiger partial charge is 0.354 e.